The zero-order chi connectivity index (χ0) is 29.3. The predicted octanol–water partition coefficient (Wildman–Crippen LogP) is 4.99. The number of rotatable bonds is 8. The SMILES string of the molecule is CC(C)c1ccccc1.CCC.CNCC(=O)NC(C(=O)N(C)C/C=C(\C)C(=O)N1CCCC1)C(C)(C)C. The van der Waals surface area contributed by atoms with Gasteiger partial charge in [-0.2, -0.15) is 0 Å². The van der Waals surface area contributed by atoms with E-state index in [0.29, 0.717) is 18.0 Å². The van der Waals surface area contributed by atoms with Crippen molar-refractivity contribution in [3.63, 3.8) is 0 Å². The molecule has 3 amide bonds. The molecule has 1 unspecified atom stereocenters. The number of nitrogens with zero attached hydrogens (tertiary/aromatic N) is 2. The van der Waals surface area contributed by atoms with Crippen LogP contribution in [0, 0.1) is 5.41 Å². The second-order valence-electron chi connectivity index (χ2n) is 11.3. The van der Waals surface area contributed by atoms with Crippen LogP contribution in [0.4, 0.5) is 0 Å². The molecule has 1 aliphatic heterocycles. The van der Waals surface area contributed by atoms with E-state index in [1.807, 2.05) is 31.7 Å². The van der Waals surface area contributed by atoms with Crippen molar-refractivity contribution in [3.8, 4) is 0 Å². The average Bonchev–Trinajstić information content (AvgIpc) is 3.40. The largest absolute Gasteiger partial charge is 0.343 e. The Morgan fingerprint density at radius 2 is 1.58 bits per heavy atom. The summed E-state index contributed by atoms with van der Waals surface area (Å²) < 4.78 is 0. The molecular formula is C31H54N4O3. The Hall–Kier alpha value is -2.67. The molecule has 2 N–H and O–H groups in total. The number of nitrogens with one attached hydrogen (secondary N) is 2. The van der Waals surface area contributed by atoms with Gasteiger partial charge in [-0.3, -0.25) is 14.4 Å². The van der Waals surface area contributed by atoms with Gasteiger partial charge in [0.15, 0.2) is 0 Å². The van der Waals surface area contributed by atoms with Crippen molar-refractivity contribution in [2.75, 3.05) is 40.3 Å². The van der Waals surface area contributed by atoms with Crippen LogP contribution < -0.4 is 10.6 Å². The van der Waals surface area contributed by atoms with Crippen molar-refractivity contribution in [3.05, 3.63) is 47.5 Å². The number of benzene rings is 1. The van der Waals surface area contributed by atoms with E-state index in [1.54, 1.807) is 32.0 Å². The molecule has 216 valence electrons. The number of carbonyl (C=O) groups excluding carboxylic acids is 3. The Morgan fingerprint density at radius 3 is 2.00 bits per heavy atom. The van der Waals surface area contributed by atoms with Crippen LogP contribution >= 0.6 is 0 Å². The highest BCUT2D eigenvalue weighted by molar-refractivity contribution is 5.93. The molecule has 7 nitrogen and oxygen atoms in total. The van der Waals surface area contributed by atoms with Gasteiger partial charge in [0.25, 0.3) is 0 Å². The summed E-state index contributed by atoms with van der Waals surface area (Å²) in [6, 6.07) is 9.89. The van der Waals surface area contributed by atoms with E-state index >= 15 is 0 Å². The summed E-state index contributed by atoms with van der Waals surface area (Å²) in [5, 5.41) is 5.59. The van der Waals surface area contributed by atoms with Crippen LogP contribution in [-0.2, 0) is 14.4 Å². The van der Waals surface area contributed by atoms with Gasteiger partial charge in [0.2, 0.25) is 17.7 Å². The normalized spacial score (nSPS) is 14.1. The molecule has 1 aromatic rings. The number of likely N-dealkylation sites (tertiary alicyclic amines) is 1. The molecule has 1 aliphatic rings. The fourth-order valence-corrected chi connectivity index (χ4v) is 3.70. The molecular weight excluding hydrogens is 476 g/mol. The second kappa shape index (κ2) is 18.6. The Kier molecular flexibility index (Phi) is 17.3. The Labute approximate surface area is 232 Å². The van der Waals surface area contributed by atoms with E-state index in [9.17, 15) is 14.4 Å². The lowest BCUT2D eigenvalue weighted by molar-refractivity contribution is -0.137. The van der Waals surface area contributed by atoms with Crippen molar-refractivity contribution < 1.29 is 14.4 Å². The maximum atomic E-state index is 12.8. The lowest BCUT2D eigenvalue weighted by Gasteiger charge is -2.33. The van der Waals surface area contributed by atoms with Crippen LogP contribution in [-0.4, -0.2) is 73.8 Å². The van der Waals surface area contributed by atoms with Gasteiger partial charge in [0.05, 0.1) is 6.54 Å². The first kappa shape index (κ1) is 35.3. The minimum absolute atomic E-state index is 0.0399. The number of hydrogen-bond donors (Lipinski definition) is 2. The molecule has 0 bridgehead atoms. The van der Waals surface area contributed by atoms with E-state index in [4.69, 9.17) is 0 Å². The van der Waals surface area contributed by atoms with Crippen LogP contribution in [0.5, 0.6) is 0 Å². The van der Waals surface area contributed by atoms with Crippen molar-refractivity contribution in [1.82, 2.24) is 20.4 Å². The van der Waals surface area contributed by atoms with E-state index in [1.165, 1.54) is 12.0 Å². The fraction of sp³-hybridized carbons (Fsp3) is 0.645. The minimum atomic E-state index is -0.628. The summed E-state index contributed by atoms with van der Waals surface area (Å²) in [6.45, 7) is 18.3. The van der Waals surface area contributed by atoms with E-state index in [0.717, 1.165) is 25.9 Å². The molecule has 1 saturated heterocycles. The molecule has 38 heavy (non-hydrogen) atoms. The lowest BCUT2D eigenvalue weighted by Crippen LogP contribution is -2.55. The first-order chi connectivity index (χ1) is 17.8. The van der Waals surface area contributed by atoms with Crippen LogP contribution in [0.2, 0.25) is 0 Å². The molecule has 1 fully saturated rings. The Balaban J connectivity index is 0.000000938. The van der Waals surface area contributed by atoms with Crippen molar-refractivity contribution in [1.29, 1.82) is 0 Å². The van der Waals surface area contributed by atoms with Gasteiger partial charge >= 0.3 is 0 Å². The van der Waals surface area contributed by atoms with Crippen LogP contribution in [0.25, 0.3) is 0 Å². The molecule has 0 saturated carbocycles. The summed E-state index contributed by atoms with van der Waals surface area (Å²) in [6.07, 6.45) is 5.14. The molecule has 2 rings (SSSR count). The topological polar surface area (TPSA) is 81.8 Å². The standard InChI is InChI=1S/C19H34N4O3.C9H12.C3H8/c1-14(17(25)23-10-7-8-11-23)9-12-22(6)18(26)16(19(2,3)4)21-15(24)13-20-5;1-8(2)9-6-4-3-5-7-9;1-3-2/h9,16,20H,7-8,10-13H2,1-6H3,(H,21,24);3-8H,1-2H3;3H2,1-2H3/b14-9+;;. The summed E-state index contributed by atoms with van der Waals surface area (Å²) in [4.78, 5) is 40.5. The van der Waals surface area contributed by atoms with Crippen LogP contribution in [0.3, 0.4) is 0 Å². The van der Waals surface area contributed by atoms with Crippen molar-refractivity contribution in [2.24, 2.45) is 5.41 Å². The molecule has 0 aliphatic carbocycles. The smallest absolute Gasteiger partial charge is 0.249 e. The quantitative estimate of drug-likeness (QED) is 0.464. The molecule has 1 atom stereocenters. The number of hydrogen-bond acceptors (Lipinski definition) is 4. The highest BCUT2D eigenvalue weighted by atomic mass is 16.2. The molecule has 7 heteroatoms. The Morgan fingerprint density at radius 1 is 1.05 bits per heavy atom. The average molecular weight is 531 g/mol. The molecule has 0 aromatic heterocycles. The molecule has 1 heterocycles. The number of carbonyl (C=O) groups is 3. The molecule has 0 spiro atoms. The fourth-order valence-electron chi connectivity index (χ4n) is 3.70. The van der Waals surface area contributed by atoms with E-state index < -0.39 is 11.5 Å². The lowest BCUT2D eigenvalue weighted by atomic mass is 9.85. The maximum absolute atomic E-state index is 12.8. The van der Waals surface area contributed by atoms with Gasteiger partial charge in [-0.15, -0.1) is 0 Å². The number of likely N-dealkylation sites (N-methyl/N-ethyl adjacent to an activating group) is 2. The highest BCUT2D eigenvalue weighted by Crippen LogP contribution is 2.21. The van der Waals surface area contributed by atoms with Crippen molar-refractivity contribution in [2.45, 2.75) is 86.6 Å². The minimum Gasteiger partial charge on any atom is -0.343 e. The zero-order valence-corrected chi connectivity index (χ0v) is 25.7. The van der Waals surface area contributed by atoms with Gasteiger partial charge in [0, 0.05) is 32.3 Å². The van der Waals surface area contributed by atoms with E-state index in [2.05, 4.69) is 62.6 Å². The van der Waals surface area contributed by atoms with E-state index in [-0.39, 0.29) is 24.3 Å². The van der Waals surface area contributed by atoms with Crippen LogP contribution in [0.15, 0.2) is 42.0 Å². The summed E-state index contributed by atoms with van der Waals surface area (Å²) >= 11 is 0. The first-order valence-corrected chi connectivity index (χ1v) is 14.0. The maximum Gasteiger partial charge on any atom is 0.249 e. The van der Waals surface area contributed by atoms with Gasteiger partial charge < -0.3 is 20.4 Å². The predicted molar refractivity (Wildman–Crippen MR) is 159 cm³/mol. The molecule has 0 radical (unpaired) electrons. The summed E-state index contributed by atoms with van der Waals surface area (Å²) in [5.74, 6) is 0.314. The van der Waals surface area contributed by atoms with Crippen molar-refractivity contribution >= 4 is 17.7 Å². The second-order valence-corrected chi connectivity index (χ2v) is 11.3. The van der Waals surface area contributed by atoms with Gasteiger partial charge in [0.1, 0.15) is 6.04 Å². The van der Waals surface area contributed by atoms with Gasteiger partial charge in [-0.1, -0.05) is 91.3 Å². The van der Waals surface area contributed by atoms with Crippen LogP contribution in [0.1, 0.15) is 86.1 Å². The van der Waals surface area contributed by atoms with Gasteiger partial charge in [-0.05, 0) is 43.7 Å². The Bertz CT molecular complexity index is 854. The number of amides is 3. The monoisotopic (exact) mass is 530 g/mol. The zero-order valence-electron chi connectivity index (χ0n) is 25.7. The first-order valence-electron chi connectivity index (χ1n) is 14.0. The third-order valence-corrected chi connectivity index (χ3v) is 6.00. The highest BCUT2D eigenvalue weighted by Gasteiger charge is 2.34. The third-order valence-electron chi connectivity index (χ3n) is 6.00. The summed E-state index contributed by atoms with van der Waals surface area (Å²) in [7, 11) is 3.37. The summed E-state index contributed by atoms with van der Waals surface area (Å²) in [5.41, 5.74) is 1.65. The van der Waals surface area contributed by atoms with Gasteiger partial charge in [-0.25, -0.2) is 0 Å². The molecule has 1 aromatic carbocycles. The third kappa shape index (κ3) is 13.8.